The van der Waals surface area contributed by atoms with Crippen LogP contribution in [0.25, 0.3) is 33.0 Å². The van der Waals surface area contributed by atoms with E-state index in [0.717, 1.165) is 15.0 Å². The highest BCUT2D eigenvalue weighted by Crippen LogP contribution is 2.34. The fraction of sp³-hybridized carbons (Fsp3) is 0.0526. The lowest BCUT2D eigenvalue weighted by atomic mass is 10.2. The van der Waals surface area contributed by atoms with E-state index in [1.807, 2.05) is 24.3 Å². The molecule has 0 amide bonds. The maximum absolute atomic E-state index is 12.5. The molecule has 0 saturated heterocycles. The molecule has 5 nitrogen and oxygen atoms in total. The van der Waals surface area contributed by atoms with Crippen molar-refractivity contribution < 1.29 is 14.3 Å². The van der Waals surface area contributed by atoms with Crippen molar-refractivity contribution in [1.82, 2.24) is 4.98 Å². The van der Waals surface area contributed by atoms with Gasteiger partial charge in [0.1, 0.15) is 22.0 Å². The van der Waals surface area contributed by atoms with Gasteiger partial charge in [-0.25, -0.2) is 4.98 Å². The summed E-state index contributed by atoms with van der Waals surface area (Å²) in [5.41, 5.74) is 1.18. The van der Waals surface area contributed by atoms with Crippen LogP contribution in [0.15, 0.2) is 61.5 Å². The molecular weight excluding hydrogens is 418 g/mol. The maximum atomic E-state index is 12.5. The maximum Gasteiger partial charge on any atom is 0.235 e. The molecule has 0 bridgehead atoms. The number of thiazole rings is 1. The topological polar surface area (TPSA) is 72.6 Å². The van der Waals surface area contributed by atoms with Gasteiger partial charge in [-0.05, 0) is 24.3 Å². The summed E-state index contributed by atoms with van der Waals surface area (Å²) in [6, 6.07) is 12.6. The SMILES string of the molecule is COc1ccc2c(=O)c(O)c(-c3csc(-c4ccc(Br)cc4)n3)oc2c1. The average Bonchev–Trinajstić information content (AvgIpc) is 3.14. The Labute approximate surface area is 160 Å². The predicted octanol–water partition coefficient (Wildman–Crippen LogP) is 5.06. The Morgan fingerprint density at radius 2 is 1.96 bits per heavy atom. The Kier molecular flexibility index (Phi) is 4.26. The first-order valence-electron chi connectivity index (χ1n) is 7.62. The average molecular weight is 430 g/mol. The molecule has 0 unspecified atom stereocenters. The van der Waals surface area contributed by atoms with Crippen molar-refractivity contribution in [2.45, 2.75) is 0 Å². The molecule has 1 N–H and O–H groups in total. The molecule has 2 aromatic heterocycles. The van der Waals surface area contributed by atoms with Gasteiger partial charge in [0.15, 0.2) is 5.76 Å². The van der Waals surface area contributed by atoms with Gasteiger partial charge in [0.2, 0.25) is 11.2 Å². The zero-order chi connectivity index (χ0) is 18.3. The van der Waals surface area contributed by atoms with Crippen LogP contribution in [0.3, 0.4) is 0 Å². The van der Waals surface area contributed by atoms with Gasteiger partial charge in [0, 0.05) is 21.5 Å². The lowest BCUT2D eigenvalue weighted by Gasteiger charge is -2.05. The third-order valence-corrected chi connectivity index (χ3v) is 5.32. The minimum absolute atomic E-state index is 0.0513. The van der Waals surface area contributed by atoms with Gasteiger partial charge in [-0.3, -0.25) is 4.79 Å². The minimum Gasteiger partial charge on any atom is -0.501 e. The molecule has 0 fully saturated rings. The molecule has 0 aliphatic rings. The smallest absolute Gasteiger partial charge is 0.235 e. The molecule has 0 radical (unpaired) electrons. The lowest BCUT2D eigenvalue weighted by molar-refractivity contribution is 0.413. The molecule has 2 heterocycles. The molecule has 2 aromatic carbocycles. The predicted molar refractivity (Wildman–Crippen MR) is 105 cm³/mol. The first-order valence-corrected chi connectivity index (χ1v) is 9.30. The van der Waals surface area contributed by atoms with E-state index in [-0.39, 0.29) is 11.1 Å². The quantitative estimate of drug-likeness (QED) is 0.492. The van der Waals surface area contributed by atoms with E-state index in [1.54, 1.807) is 23.6 Å². The molecule has 0 saturated carbocycles. The minimum atomic E-state index is -0.498. The van der Waals surface area contributed by atoms with Gasteiger partial charge in [-0.2, -0.15) is 0 Å². The van der Waals surface area contributed by atoms with E-state index in [2.05, 4.69) is 20.9 Å². The van der Waals surface area contributed by atoms with Crippen molar-refractivity contribution in [3.63, 3.8) is 0 Å². The number of ether oxygens (including phenoxy) is 1. The number of aromatic hydroxyl groups is 1. The Morgan fingerprint density at radius 1 is 1.19 bits per heavy atom. The van der Waals surface area contributed by atoms with Crippen molar-refractivity contribution >= 4 is 38.2 Å². The number of nitrogens with zero attached hydrogens (tertiary/aromatic N) is 1. The van der Waals surface area contributed by atoms with Crippen molar-refractivity contribution in [2.75, 3.05) is 7.11 Å². The standard InChI is InChI=1S/C19H12BrNO4S/c1-24-12-6-7-13-15(8-12)25-18(17(23)16(13)22)14-9-26-19(21-14)10-2-4-11(20)5-3-10/h2-9,23H,1H3. The number of rotatable bonds is 3. The van der Waals surface area contributed by atoms with Crippen molar-refractivity contribution in [3.8, 4) is 33.5 Å². The third kappa shape index (κ3) is 2.89. The van der Waals surface area contributed by atoms with E-state index < -0.39 is 11.2 Å². The fourth-order valence-electron chi connectivity index (χ4n) is 2.57. The highest BCUT2D eigenvalue weighted by molar-refractivity contribution is 9.10. The molecule has 0 aliphatic carbocycles. The van der Waals surface area contributed by atoms with Gasteiger partial charge in [0.25, 0.3) is 0 Å². The second kappa shape index (κ2) is 6.59. The summed E-state index contributed by atoms with van der Waals surface area (Å²) < 4.78 is 11.9. The molecule has 4 rings (SSSR count). The van der Waals surface area contributed by atoms with Crippen molar-refractivity contribution in [3.05, 3.63) is 62.5 Å². The second-order valence-corrected chi connectivity index (χ2v) is 7.29. The summed E-state index contributed by atoms with van der Waals surface area (Å²) >= 11 is 4.81. The zero-order valence-electron chi connectivity index (χ0n) is 13.5. The number of methoxy groups -OCH3 is 1. The van der Waals surface area contributed by atoms with Crippen LogP contribution in [0.1, 0.15) is 0 Å². The molecule has 4 aromatic rings. The van der Waals surface area contributed by atoms with Gasteiger partial charge in [-0.1, -0.05) is 28.1 Å². The van der Waals surface area contributed by atoms with Crippen LogP contribution in [0.5, 0.6) is 11.5 Å². The number of hydrogen-bond acceptors (Lipinski definition) is 6. The number of benzene rings is 2. The van der Waals surface area contributed by atoms with Crippen LogP contribution >= 0.6 is 27.3 Å². The van der Waals surface area contributed by atoms with Crippen LogP contribution in [-0.4, -0.2) is 17.2 Å². The Morgan fingerprint density at radius 3 is 2.69 bits per heavy atom. The molecule has 7 heteroatoms. The summed E-state index contributed by atoms with van der Waals surface area (Å²) in [6.45, 7) is 0. The third-order valence-electron chi connectivity index (χ3n) is 3.90. The van der Waals surface area contributed by atoms with E-state index >= 15 is 0 Å². The highest BCUT2D eigenvalue weighted by atomic mass is 79.9. The summed E-state index contributed by atoms with van der Waals surface area (Å²) in [7, 11) is 1.53. The zero-order valence-corrected chi connectivity index (χ0v) is 15.9. The largest absolute Gasteiger partial charge is 0.501 e. The van der Waals surface area contributed by atoms with Crippen LogP contribution in [-0.2, 0) is 0 Å². The number of aromatic nitrogens is 1. The first-order chi connectivity index (χ1) is 12.6. The van der Waals surface area contributed by atoms with Crippen LogP contribution < -0.4 is 10.2 Å². The molecular formula is C19H12BrNO4S. The van der Waals surface area contributed by atoms with Crippen molar-refractivity contribution in [2.24, 2.45) is 0 Å². The molecule has 26 heavy (non-hydrogen) atoms. The van der Waals surface area contributed by atoms with Crippen LogP contribution in [0.2, 0.25) is 0 Å². The van der Waals surface area contributed by atoms with E-state index in [9.17, 15) is 9.90 Å². The van der Waals surface area contributed by atoms with E-state index in [1.165, 1.54) is 18.4 Å². The van der Waals surface area contributed by atoms with E-state index in [4.69, 9.17) is 9.15 Å². The fourth-order valence-corrected chi connectivity index (χ4v) is 3.64. The lowest BCUT2D eigenvalue weighted by Crippen LogP contribution is -2.02. The van der Waals surface area contributed by atoms with Crippen LogP contribution in [0.4, 0.5) is 0 Å². The Bertz CT molecular complexity index is 1160. The van der Waals surface area contributed by atoms with Gasteiger partial charge >= 0.3 is 0 Å². The molecule has 0 spiro atoms. The summed E-state index contributed by atoms with van der Waals surface area (Å²) in [5.74, 6) is 0.164. The number of halogens is 1. The summed E-state index contributed by atoms with van der Waals surface area (Å²) in [6.07, 6.45) is 0. The van der Waals surface area contributed by atoms with Gasteiger partial charge < -0.3 is 14.3 Å². The Hall–Kier alpha value is -2.64. The summed E-state index contributed by atoms with van der Waals surface area (Å²) in [4.78, 5) is 17.0. The molecule has 0 atom stereocenters. The molecule has 130 valence electrons. The van der Waals surface area contributed by atoms with Crippen LogP contribution in [0, 0.1) is 0 Å². The van der Waals surface area contributed by atoms with E-state index in [0.29, 0.717) is 17.0 Å². The van der Waals surface area contributed by atoms with Gasteiger partial charge in [-0.15, -0.1) is 11.3 Å². The summed E-state index contributed by atoms with van der Waals surface area (Å²) in [5, 5.41) is 13.1. The van der Waals surface area contributed by atoms with Crippen molar-refractivity contribution in [1.29, 1.82) is 0 Å². The second-order valence-electron chi connectivity index (χ2n) is 5.52. The number of fused-ring (bicyclic) bond motifs is 1. The Balaban J connectivity index is 1.85. The highest BCUT2D eigenvalue weighted by Gasteiger charge is 2.18. The number of hydrogen-bond donors (Lipinski definition) is 1. The normalized spacial score (nSPS) is 11.0. The first kappa shape index (κ1) is 16.8. The van der Waals surface area contributed by atoms with Gasteiger partial charge in [0.05, 0.1) is 12.5 Å². The monoisotopic (exact) mass is 429 g/mol. The molecule has 0 aliphatic heterocycles.